The van der Waals surface area contributed by atoms with E-state index in [-0.39, 0.29) is 0 Å². The van der Waals surface area contributed by atoms with Crippen LogP contribution < -0.4 is 10.2 Å². The number of anilines is 1. The first-order valence-corrected chi connectivity index (χ1v) is 5.63. The number of rotatable bonds is 5. The molecule has 1 N–H and O–H groups in total. The summed E-state index contributed by atoms with van der Waals surface area (Å²) in [5.74, 6) is 0. The van der Waals surface area contributed by atoms with Gasteiger partial charge in [0.25, 0.3) is 0 Å². The molecule has 2 nitrogen and oxygen atoms in total. The Morgan fingerprint density at radius 2 is 1.80 bits per heavy atom. The van der Waals surface area contributed by atoms with Gasteiger partial charge in [-0.05, 0) is 37.6 Å². The maximum Gasteiger partial charge on any atom is 0.0361 e. The van der Waals surface area contributed by atoms with Gasteiger partial charge in [0.15, 0.2) is 0 Å². The average molecular weight is 206 g/mol. The highest BCUT2D eigenvalue weighted by molar-refractivity contribution is 5.46. The SMILES string of the molecule is CCNC(C)Cc1ccc(N(C)C)cc1. The first-order chi connectivity index (χ1) is 7.13. The molecule has 0 radical (unpaired) electrons. The molecular formula is C13H22N2. The third-order valence-electron chi connectivity index (χ3n) is 2.55. The predicted molar refractivity (Wildman–Crippen MR) is 67.6 cm³/mol. The summed E-state index contributed by atoms with van der Waals surface area (Å²) >= 11 is 0. The molecule has 1 atom stereocenters. The van der Waals surface area contributed by atoms with Gasteiger partial charge in [0.1, 0.15) is 0 Å². The zero-order chi connectivity index (χ0) is 11.3. The van der Waals surface area contributed by atoms with Crippen LogP contribution in [0.15, 0.2) is 24.3 Å². The Hall–Kier alpha value is -1.02. The van der Waals surface area contributed by atoms with Crippen LogP contribution in [0.5, 0.6) is 0 Å². The van der Waals surface area contributed by atoms with Crippen molar-refractivity contribution in [3.63, 3.8) is 0 Å². The fourth-order valence-electron chi connectivity index (χ4n) is 1.70. The molecule has 0 bridgehead atoms. The highest BCUT2D eigenvalue weighted by Gasteiger charge is 2.02. The van der Waals surface area contributed by atoms with Crippen molar-refractivity contribution in [2.45, 2.75) is 26.3 Å². The minimum absolute atomic E-state index is 0.556. The molecule has 0 aromatic heterocycles. The molecule has 1 aromatic carbocycles. The van der Waals surface area contributed by atoms with Gasteiger partial charge in [-0.1, -0.05) is 19.1 Å². The number of nitrogens with zero attached hydrogens (tertiary/aromatic N) is 1. The Morgan fingerprint density at radius 3 is 2.27 bits per heavy atom. The van der Waals surface area contributed by atoms with E-state index in [1.54, 1.807) is 0 Å². The molecule has 0 amide bonds. The Bertz CT molecular complexity index is 277. The zero-order valence-corrected chi connectivity index (χ0v) is 10.2. The lowest BCUT2D eigenvalue weighted by atomic mass is 10.1. The van der Waals surface area contributed by atoms with Gasteiger partial charge in [0.2, 0.25) is 0 Å². The van der Waals surface area contributed by atoms with Gasteiger partial charge < -0.3 is 10.2 Å². The summed E-state index contributed by atoms with van der Waals surface area (Å²) in [5, 5.41) is 3.42. The Labute approximate surface area is 93.3 Å². The molecule has 0 heterocycles. The molecular weight excluding hydrogens is 184 g/mol. The van der Waals surface area contributed by atoms with Crippen LogP contribution in [0.1, 0.15) is 19.4 Å². The molecule has 0 aliphatic rings. The minimum atomic E-state index is 0.556. The largest absolute Gasteiger partial charge is 0.378 e. The van der Waals surface area contributed by atoms with Crippen molar-refractivity contribution >= 4 is 5.69 Å². The highest BCUT2D eigenvalue weighted by Crippen LogP contribution is 2.13. The number of hydrogen-bond acceptors (Lipinski definition) is 2. The molecule has 15 heavy (non-hydrogen) atoms. The summed E-state index contributed by atoms with van der Waals surface area (Å²) in [6.45, 7) is 5.41. The van der Waals surface area contributed by atoms with E-state index in [0.29, 0.717) is 6.04 Å². The summed E-state index contributed by atoms with van der Waals surface area (Å²) in [6.07, 6.45) is 1.10. The van der Waals surface area contributed by atoms with Crippen molar-refractivity contribution in [2.24, 2.45) is 0 Å². The van der Waals surface area contributed by atoms with Crippen molar-refractivity contribution in [2.75, 3.05) is 25.5 Å². The van der Waals surface area contributed by atoms with E-state index in [0.717, 1.165) is 13.0 Å². The second-order valence-electron chi connectivity index (χ2n) is 4.22. The quantitative estimate of drug-likeness (QED) is 0.795. The fraction of sp³-hybridized carbons (Fsp3) is 0.538. The first-order valence-electron chi connectivity index (χ1n) is 5.63. The number of hydrogen-bond donors (Lipinski definition) is 1. The second kappa shape index (κ2) is 5.76. The summed E-state index contributed by atoms with van der Waals surface area (Å²) in [5.41, 5.74) is 2.66. The van der Waals surface area contributed by atoms with Gasteiger partial charge in [-0.2, -0.15) is 0 Å². The Morgan fingerprint density at radius 1 is 1.20 bits per heavy atom. The van der Waals surface area contributed by atoms with E-state index in [9.17, 15) is 0 Å². The summed E-state index contributed by atoms with van der Waals surface area (Å²) in [4.78, 5) is 2.12. The standard InChI is InChI=1S/C13H22N2/c1-5-14-11(2)10-12-6-8-13(9-7-12)15(3)4/h6-9,11,14H,5,10H2,1-4H3. The van der Waals surface area contributed by atoms with Crippen LogP contribution in [-0.4, -0.2) is 26.7 Å². The van der Waals surface area contributed by atoms with Crippen LogP contribution in [0, 0.1) is 0 Å². The van der Waals surface area contributed by atoms with Gasteiger partial charge in [-0.25, -0.2) is 0 Å². The molecule has 0 fully saturated rings. The zero-order valence-electron chi connectivity index (χ0n) is 10.2. The molecule has 0 saturated carbocycles. The van der Waals surface area contributed by atoms with E-state index in [1.165, 1.54) is 11.3 Å². The topological polar surface area (TPSA) is 15.3 Å². The van der Waals surface area contributed by atoms with E-state index >= 15 is 0 Å². The third kappa shape index (κ3) is 3.92. The third-order valence-corrected chi connectivity index (χ3v) is 2.55. The lowest BCUT2D eigenvalue weighted by Crippen LogP contribution is -2.27. The van der Waals surface area contributed by atoms with Gasteiger partial charge in [0, 0.05) is 25.8 Å². The molecule has 1 unspecified atom stereocenters. The molecule has 0 spiro atoms. The van der Waals surface area contributed by atoms with Gasteiger partial charge in [0.05, 0.1) is 0 Å². The normalized spacial score (nSPS) is 12.5. The lowest BCUT2D eigenvalue weighted by Gasteiger charge is -2.15. The summed E-state index contributed by atoms with van der Waals surface area (Å²) < 4.78 is 0. The van der Waals surface area contributed by atoms with Crippen molar-refractivity contribution in [3.05, 3.63) is 29.8 Å². The van der Waals surface area contributed by atoms with E-state index < -0.39 is 0 Å². The Balaban J connectivity index is 2.56. The van der Waals surface area contributed by atoms with Gasteiger partial charge >= 0.3 is 0 Å². The molecule has 1 aromatic rings. The average Bonchev–Trinajstić information content (AvgIpc) is 2.18. The lowest BCUT2D eigenvalue weighted by molar-refractivity contribution is 0.565. The van der Waals surface area contributed by atoms with Crippen LogP contribution in [0.4, 0.5) is 5.69 Å². The maximum atomic E-state index is 3.42. The van der Waals surface area contributed by atoms with Gasteiger partial charge in [-0.15, -0.1) is 0 Å². The van der Waals surface area contributed by atoms with Crippen molar-refractivity contribution in [3.8, 4) is 0 Å². The fourth-order valence-corrected chi connectivity index (χ4v) is 1.70. The molecule has 0 aliphatic carbocycles. The molecule has 84 valence electrons. The summed E-state index contributed by atoms with van der Waals surface area (Å²) in [6, 6.07) is 9.33. The second-order valence-corrected chi connectivity index (χ2v) is 4.22. The molecule has 1 rings (SSSR count). The minimum Gasteiger partial charge on any atom is -0.378 e. The smallest absolute Gasteiger partial charge is 0.0361 e. The maximum absolute atomic E-state index is 3.42. The molecule has 0 saturated heterocycles. The summed E-state index contributed by atoms with van der Waals surface area (Å²) in [7, 11) is 4.13. The monoisotopic (exact) mass is 206 g/mol. The molecule has 2 heteroatoms. The van der Waals surface area contributed by atoms with Gasteiger partial charge in [-0.3, -0.25) is 0 Å². The van der Waals surface area contributed by atoms with Crippen molar-refractivity contribution in [1.29, 1.82) is 0 Å². The van der Waals surface area contributed by atoms with Crippen molar-refractivity contribution in [1.82, 2.24) is 5.32 Å². The van der Waals surface area contributed by atoms with Crippen LogP contribution in [0.25, 0.3) is 0 Å². The van der Waals surface area contributed by atoms with Crippen LogP contribution in [-0.2, 0) is 6.42 Å². The van der Waals surface area contributed by atoms with Crippen LogP contribution >= 0.6 is 0 Å². The molecule has 0 aliphatic heterocycles. The van der Waals surface area contributed by atoms with E-state index in [2.05, 4.69) is 62.4 Å². The highest BCUT2D eigenvalue weighted by atomic mass is 15.1. The first kappa shape index (κ1) is 12.1. The van der Waals surface area contributed by atoms with E-state index in [1.807, 2.05) is 0 Å². The number of benzene rings is 1. The van der Waals surface area contributed by atoms with E-state index in [4.69, 9.17) is 0 Å². The van der Waals surface area contributed by atoms with Crippen LogP contribution in [0.3, 0.4) is 0 Å². The predicted octanol–water partition coefficient (Wildman–Crippen LogP) is 2.29. The van der Waals surface area contributed by atoms with Crippen molar-refractivity contribution < 1.29 is 0 Å². The van der Waals surface area contributed by atoms with Crippen LogP contribution in [0.2, 0.25) is 0 Å². The number of likely N-dealkylation sites (N-methyl/N-ethyl adjacent to an activating group) is 1. The number of nitrogens with one attached hydrogen (secondary N) is 1. The Kier molecular flexibility index (Phi) is 4.63.